The second-order valence-electron chi connectivity index (χ2n) is 3.60. The largest absolute Gasteiger partial charge is 0.330 e. The van der Waals surface area contributed by atoms with Gasteiger partial charge in [-0.05, 0) is 31.2 Å². The third kappa shape index (κ3) is 4.82. The van der Waals surface area contributed by atoms with Gasteiger partial charge in [-0.3, -0.25) is 0 Å². The van der Waals surface area contributed by atoms with Gasteiger partial charge in [0.2, 0.25) is 0 Å². The fraction of sp³-hybridized carbons (Fsp3) is 0.600. The number of hydrogen-bond donors (Lipinski definition) is 1. The average molecular weight is 246 g/mol. The number of aromatic nitrogens is 2. The molecule has 84 valence electrons. The molecule has 0 saturated heterocycles. The van der Waals surface area contributed by atoms with Gasteiger partial charge in [0.05, 0.1) is 5.75 Å². The highest BCUT2D eigenvalue weighted by Crippen LogP contribution is 2.14. The van der Waals surface area contributed by atoms with Crippen molar-refractivity contribution >= 4 is 23.4 Å². The minimum atomic E-state index is 0.518. The molecule has 0 amide bonds. The van der Waals surface area contributed by atoms with E-state index in [1.54, 1.807) is 17.8 Å². The summed E-state index contributed by atoms with van der Waals surface area (Å²) in [5.74, 6) is 3.17. The van der Waals surface area contributed by atoms with Crippen LogP contribution in [-0.2, 0) is 5.75 Å². The van der Waals surface area contributed by atoms with Gasteiger partial charge < -0.3 is 5.73 Å². The number of nitrogens with two attached hydrogens (primary N) is 1. The first-order chi connectivity index (χ1) is 7.11. The zero-order valence-corrected chi connectivity index (χ0v) is 10.6. The van der Waals surface area contributed by atoms with Crippen LogP contribution in [0.4, 0.5) is 0 Å². The van der Waals surface area contributed by atoms with Crippen molar-refractivity contribution in [1.29, 1.82) is 0 Å². The van der Waals surface area contributed by atoms with Crippen molar-refractivity contribution in [2.24, 2.45) is 11.7 Å². The van der Waals surface area contributed by atoms with Crippen molar-refractivity contribution in [3.8, 4) is 0 Å². The van der Waals surface area contributed by atoms with Crippen LogP contribution in [0, 0.1) is 12.8 Å². The molecular weight excluding hydrogens is 230 g/mol. The Bertz CT molecular complexity index is 299. The maximum atomic E-state index is 5.84. The van der Waals surface area contributed by atoms with Gasteiger partial charge in [0.25, 0.3) is 0 Å². The SMILES string of the molecule is Cc1cc(Cl)nc(CSCC(C)CN)n1. The molecule has 5 heteroatoms. The molecule has 1 aromatic heterocycles. The normalized spacial score (nSPS) is 12.8. The Morgan fingerprint density at radius 3 is 2.87 bits per heavy atom. The molecule has 0 aliphatic heterocycles. The maximum Gasteiger partial charge on any atom is 0.140 e. The lowest BCUT2D eigenvalue weighted by molar-refractivity contribution is 0.675. The van der Waals surface area contributed by atoms with Crippen LogP contribution >= 0.6 is 23.4 Å². The van der Waals surface area contributed by atoms with Crippen molar-refractivity contribution < 1.29 is 0 Å². The van der Waals surface area contributed by atoms with Gasteiger partial charge in [0.1, 0.15) is 11.0 Å². The van der Waals surface area contributed by atoms with E-state index in [9.17, 15) is 0 Å². The molecule has 0 aliphatic carbocycles. The molecule has 0 aromatic carbocycles. The third-order valence-corrected chi connectivity index (χ3v) is 3.37. The van der Waals surface area contributed by atoms with Crippen molar-refractivity contribution in [2.75, 3.05) is 12.3 Å². The molecule has 0 radical (unpaired) electrons. The molecule has 0 fully saturated rings. The summed E-state index contributed by atoms with van der Waals surface area (Å²) in [5, 5.41) is 0.518. The summed E-state index contributed by atoms with van der Waals surface area (Å²) < 4.78 is 0. The van der Waals surface area contributed by atoms with Gasteiger partial charge in [-0.25, -0.2) is 9.97 Å². The Hall–Kier alpha value is -0.320. The van der Waals surface area contributed by atoms with Gasteiger partial charge in [0, 0.05) is 5.69 Å². The third-order valence-electron chi connectivity index (χ3n) is 1.91. The highest BCUT2D eigenvalue weighted by molar-refractivity contribution is 7.98. The minimum absolute atomic E-state index is 0.518. The molecule has 2 N–H and O–H groups in total. The van der Waals surface area contributed by atoms with Crippen molar-refractivity contribution in [3.05, 3.63) is 22.7 Å². The number of hydrogen-bond acceptors (Lipinski definition) is 4. The number of halogens is 1. The Morgan fingerprint density at radius 2 is 2.27 bits per heavy atom. The summed E-state index contributed by atoms with van der Waals surface area (Å²) >= 11 is 7.63. The highest BCUT2D eigenvalue weighted by atomic mass is 35.5. The van der Waals surface area contributed by atoms with Crippen molar-refractivity contribution in [1.82, 2.24) is 9.97 Å². The zero-order valence-electron chi connectivity index (χ0n) is 9.03. The standard InChI is InChI=1S/C10H16ClN3S/c1-7(4-12)5-15-6-10-13-8(2)3-9(11)14-10/h3,7H,4-6,12H2,1-2H3. The van der Waals surface area contributed by atoms with Crippen LogP contribution in [0.15, 0.2) is 6.07 Å². The first-order valence-electron chi connectivity index (χ1n) is 4.89. The molecule has 15 heavy (non-hydrogen) atoms. The molecule has 1 rings (SSSR count). The first-order valence-corrected chi connectivity index (χ1v) is 6.43. The van der Waals surface area contributed by atoms with E-state index in [0.29, 0.717) is 11.1 Å². The smallest absolute Gasteiger partial charge is 0.140 e. The summed E-state index contributed by atoms with van der Waals surface area (Å²) in [6.45, 7) is 4.78. The van der Waals surface area contributed by atoms with Crippen LogP contribution in [0.3, 0.4) is 0 Å². The van der Waals surface area contributed by atoms with E-state index in [1.165, 1.54) is 0 Å². The van der Waals surface area contributed by atoms with Crippen LogP contribution in [0.5, 0.6) is 0 Å². The van der Waals surface area contributed by atoms with Gasteiger partial charge in [-0.1, -0.05) is 18.5 Å². The number of aryl methyl sites for hydroxylation is 1. The minimum Gasteiger partial charge on any atom is -0.330 e. The summed E-state index contributed by atoms with van der Waals surface area (Å²) in [4.78, 5) is 8.47. The Morgan fingerprint density at radius 1 is 1.53 bits per heavy atom. The Labute approximate surface area is 99.8 Å². The predicted molar refractivity (Wildman–Crippen MR) is 66.2 cm³/mol. The predicted octanol–water partition coefficient (Wildman–Crippen LogP) is 2.27. The summed E-state index contributed by atoms with van der Waals surface area (Å²) in [5.41, 5.74) is 6.45. The van der Waals surface area contributed by atoms with Gasteiger partial charge in [0.15, 0.2) is 0 Å². The fourth-order valence-electron chi connectivity index (χ4n) is 1.07. The molecule has 0 spiro atoms. The Kier molecular flexibility index (Phi) is 5.36. The van der Waals surface area contributed by atoms with E-state index in [-0.39, 0.29) is 0 Å². The first kappa shape index (κ1) is 12.7. The van der Waals surface area contributed by atoms with Crippen LogP contribution in [0.2, 0.25) is 5.15 Å². The molecule has 1 unspecified atom stereocenters. The monoisotopic (exact) mass is 245 g/mol. The lowest BCUT2D eigenvalue weighted by Crippen LogP contribution is -2.13. The van der Waals surface area contributed by atoms with Crippen LogP contribution < -0.4 is 5.73 Å². The van der Waals surface area contributed by atoms with Crippen LogP contribution in [-0.4, -0.2) is 22.3 Å². The number of rotatable bonds is 5. The van der Waals surface area contributed by atoms with Crippen molar-refractivity contribution in [2.45, 2.75) is 19.6 Å². The van der Waals surface area contributed by atoms with E-state index in [4.69, 9.17) is 17.3 Å². The number of thioether (sulfide) groups is 1. The molecule has 1 atom stereocenters. The van der Waals surface area contributed by atoms with Crippen LogP contribution in [0.25, 0.3) is 0 Å². The molecule has 0 aliphatic rings. The van der Waals surface area contributed by atoms with E-state index in [0.717, 1.165) is 29.6 Å². The topological polar surface area (TPSA) is 51.8 Å². The number of nitrogens with zero attached hydrogens (tertiary/aromatic N) is 2. The van der Waals surface area contributed by atoms with Crippen molar-refractivity contribution in [3.63, 3.8) is 0 Å². The second kappa shape index (κ2) is 6.30. The zero-order chi connectivity index (χ0) is 11.3. The van der Waals surface area contributed by atoms with E-state index >= 15 is 0 Å². The summed E-state index contributed by atoms with van der Waals surface area (Å²) in [6, 6.07) is 1.76. The average Bonchev–Trinajstić information content (AvgIpc) is 2.16. The fourth-order valence-corrected chi connectivity index (χ4v) is 2.30. The molecular formula is C10H16ClN3S. The molecule has 3 nitrogen and oxygen atoms in total. The van der Waals surface area contributed by atoms with Gasteiger partial charge >= 0.3 is 0 Å². The van der Waals surface area contributed by atoms with E-state index < -0.39 is 0 Å². The quantitative estimate of drug-likeness (QED) is 0.809. The lowest BCUT2D eigenvalue weighted by Gasteiger charge is -2.07. The molecule has 0 bridgehead atoms. The summed E-state index contributed by atoms with van der Waals surface area (Å²) in [6.07, 6.45) is 0. The van der Waals surface area contributed by atoms with E-state index in [1.807, 2.05) is 6.92 Å². The van der Waals surface area contributed by atoms with Gasteiger partial charge in [-0.15, -0.1) is 0 Å². The van der Waals surface area contributed by atoms with E-state index in [2.05, 4.69) is 16.9 Å². The summed E-state index contributed by atoms with van der Waals surface area (Å²) in [7, 11) is 0. The molecule has 1 heterocycles. The Balaban J connectivity index is 2.43. The second-order valence-corrected chi connectivity index (χ2v) is 5.02. The lowest BCUT2D eigenvalue weighted by atomic mass is 10.2. The molecule has 1 aromatic rings. The highest BCUT2D eigenvalue weighted by Gasteiger charge is 2.03. The van der Waals surface area contributed by atoms with Crippen LogP contribution in [0.1, 0.15) is 18.4 Å². The van der Waals surface area contributed by atoms with Gasteiger partial charge in [-0.2, -0.15) is 11.8 Å². The maximum absolute atomic E-state index is 5.84. The molecule has 0 saturated carbocycles.